The van der Waals surface area contributed by atoms with E-state index in [-0.39, 0.29) is 11.7 Å². The van der Waals surface area contributed by atoms with Gasteiger partial charge < -0.3 is 4.90 Å². The number of anilines is 2. The molecule has 1 N–H and O–H groups in total. The number of carbonyl (C=O) groups is 1. The van der Waals surface area contributed by atoms with Gasteiger partial charge in [0.05, 0.1) is 5.75 Å². The van der Waals surface area contributed by atoms with Crippen LogP contribution in [0.3, 0.4) is 0 Å². The first-order valence-electron chi connectivity index (χ1n) is 7.48. The van der Waals surface area contributed by atoms with E-state index in [4.69, 9.17) is 0 Å². The Morgan fingerprint density at radius 2 is 1.83 bits per heavy atom. The van der Waals surface area contributed by atoms with Gasteiger partial charge in [0, 0.05) is 24.8 Å². The number of halogens is 1. The second-order valence-electron chi connectivity index (χ2n) is 5.78. The summed E-state index contributed by atoms with van der Waals surface area (Å²) >= 11 is 0. The molecule has 1 heterocycles. The Balaban J connectivity index is 1.78. The maximum atomic E-state index is 12.9. The molecule has 2 aromatic rings. The molecule has 0 saturated carbocycles. The fraction of sp³-hybridized carbons (Fsp3) is 0.235. The number of hydrogen-bond donors (Lipinski definition) is 1. The number of hydrogen-bond acceptors (Lipinski definition) is 3. The molecule has 0 radical (unpaired) electrons. The van der Waals surface area contributed by atoms with Gasteiger partial charge in [0.1, 0.15) is 5.82 Å². The van der Waals surface area contributed by atoms with Crippen molar-refractivity contribution in [1.82, 2.24) is 0 Å². The average Bonchev–Trinajstić information content (AvgIpc) is 2.53. The van der Waals surface area contributed by atoms with Gasteiger partial charge in [-0.3, -0.25) is 9.52 Å². The molecular weight excluding hydrogens is 331 g/mol. The van der Waals surface area contributed by atoms with Crippen LogP contribution in [-0.4, -0.2) is 21.4 Å². The number of rotatable bonds is 4. The first-order chi connectivity index (χ1) is 11.3. The fourth-order valence-corrected chi connectivity index (χ4v) is 3.93. The molecule has 0 spiro atoms. The maximum absolute atomic E-state index is 12.9. The van der Waals surface area contributed by atoms with E-state index >= 15 is 0 Å². The van der Waals surface area contributed by atoms with Crippen LogP contribution in [0.25, 0.3) is 0 Å². The van der Waals surface area contributed by atoms with Gasteiger partial charge in [0.15, 0.2) is 0 Å². The van der Waals surface area contributed by atoms with E-state index in [2.05, 4.69) is 4.72 Å². The van der Waals surface area contributed by atoms with Crippen LogP contribution < -0.4 is 9.62 Å². The molecule has 1 aliphatic rings. The molecule has 2 aromatic carbocycles. The molecule has 24 heavy (non-hydrogen) atoms. The third-order valence-electron chi connectivity index (χ3n) is 3.97. The summed E-state index contributed by atoms with van der Waals surface area (Å²) < 4.78 is 40.0. The molecule has 0 aliphatic carbocycles. The van der Waals surface area contributed by atoms with Gasteiger partial charge in [-0.15, -0.1) is 0 Å². The summed E-state index contributed by atoms with van der Waals surface area (Å²) in [6.45, 7) is 0. The molecule has 0 atom stereocenters. The summed E-state index contributed by atoms with van der Waals surface area (Å²) in [7, 11) is -1.90. The van der Waals surface area contributed by atoms with Crippen LogP contribution in [0.2, 0.25) is 0 Å². The first kappa shape index (κ1) is 16.4. The molecule has 0 fully saturated rings. The molecule has 5 nitrogen and oxygen atoms in total. The molecule has 1 aliphatic heterocycles. The number of aryl methyl sites for hydroxylation is 1. The highest BCUT2D eigenvalue weighted by molar-refractivity contribution is 7.91. The van der Waals surface area contributed by atoms with Gasteiger partial charge in [-0.05, 0) is 47.9 Å². The Morgan fingerprint density at radius 1 is 1.12 bits per heavy atom. The standard InChI is InChI=1S/C17H17FN2O3S/c1-20-16-8-7-15(10-13(16)4-9-17(20)21)19-24(22,23)11-12-2-5-14(18)6-3-12/h2-3,5-8,10,19H,4,9,11H2,1H3. The highest BCUT2D eigenvalue weighted by Crippen LogP contribution is 2.29. The van der Waals surface area contributed by atoms with Gasteiger partial charge in [-0.2, -0.15) is 0 Å². The summed E-state index contributed by atoms with van der Waals surface area (Å²) in [4.78, 5) is 13.3. The van der Waals surface area contributed by atoms with Crippen molar-refractivity contribution >= 4 is 27.3 Å². The minimum atomic E-state index is -3.60. The van der Waals surface area contributed by atoms with Gasteiger partial charge in [0.25, 0.3) is 0 Å². The van der Waals surface area contributed by atoms with Crippen molar-refractivity contribution in [2.45, 2.75) is 18.6 Å². The van der Waals surface area contributed by atoms with Crippen LogP contribution in [0.1, 0.15) is 17.5 Å². The van der Waals surface area contributed by atoms with E-state index < -0.39 is 15.8 Å². The summed E-state index contributed by atoms with van der Waals surface area (Å²) in [5, 5.41) is 0. The number of fused-ring (bicyclic) bond motifs is 1. The Bertz CT molecular complexity index is 879. The summed E-state index contributed by atoms with van der Waals surface area (Å²) in [5.41, 5.74) is 2.69. The predicted molar refractivity (Wildman–Crippen MR) is 90.8 cm³/mol. The highest BCUT2D eigenvalue weighted by atomic mass is 32.2. The molecule has 1 amide bonds. The smallest absolute Gasteiger partial charge is 0.236 e. The lowest BCUT2D eigenvalue weighted by Gasteiger charge is -2.26. The van der Waals surface area contributed by atoms with Crippen molar-refractivity contribution in [3.05, 3.63) is 59.4 Å². The zero-order valence-corrected chi connectivity index (χ0v) is 13.9. The quantitative estimate of drug-likeness (QED) is 0.924. The van der Waals surface area contributed by atoms with E-state index in [1.165, 1.54) is 24.3 Å². The second kappa shape index (κ2) is 6.24. The number of amides is 1. The monoisotopic (exact) mass is 348 g/mol. The van der Waals surface area contributed by atoms with Crippen LogP contribution in [-0.2, 0) is 27.0 Å². The zero-order chi connectivity index (χ0) is 17.3. The third-order valence-corrected chi connectivity index (χ3v) is 5.23. The number of sulfonamides is 1. The van der Waals surface area contributed by atoms with Crippen LogP contribution in [0, 0.1) is 5.82 Å². The molecule has 0 aromatic heterocycles. The largest absolute Gasteiger partial charge is 0.315 e. The van der Waals surface area contributed by atoms with Crippen molar-refractivity contribution < 1.29 is 17.6 Å². The van der Waals surface area contributed by atoms with Crippen LogP contribution in [0.4, 0.5) is 15.8 Å². The van der Waals surface area contributed by atoms with E-state index in [0.717, 1.165) is 11.3 Å². The predicted octanol–water partition coefficient (Wildman–Crippen LogP) is 2.68. The van der Waals surface area contributed by atoms with Crippen LogP contribution in [0.5, 0.6) is 0 Å². The van der Waals surface area contributed by atoms with Crippen molar-refractivity contribution in [3.63, 3.8) is 0 Å². The van der Waals surface area contributed by atoms with Crippen molar-refractivity contribution in [2.75, 3.05) is 16.7 Å². The van der Waals surface area contributed by atoms with Crippen LogP contribution in [0.15, 0.2) is 42.5 Å². The van der Waals surface area contributed by atoms with Gasteiger partial charge in [0.2, 0.25) is 15.9 Å². The Morgan fingerprint density at radius 3 is 2.54 bits per heavy atom. The second-order valence-corrected chi connectivity index (χ2v) is 7.51. The molecule has 7 heteroatoms. The van der Waals surface area contributed by atoms with E-state index in [9.17, 15) is 17.6 Å². The zero-order valence-electron chi connectivity index (χ0n) is 13.1. The molecule has 0 unspecified atom stereocenters. The molecule has 126 valence electrons. The molecule has 0 bridgehead atoms. The Kier molecular flexibility index (Phi) is 4.28. The number of benzene rings is 2. The van der Waals surface area contributed by atoms with Crippen molar-refractivity contribution in [3.8, 4) is 0 Å². The lowest BCUT2D eigenvalue weighted by Crippen LogP contribution is -2.31. The summed E-state index contributed by atoms with van der Waals surface area (Å²) in [6, 6.07) is 10.5. The van der Waals surface area contributed by atoms with Crippen molar-refractivity contribution in [1.29, 1.82) is 0 Å². The maximum Gasteiger partial charge on any atom is 0.236 e. The fourth-order valence-electron chi connectivity index (χ4n) is 2.74. The topological polar surface area (TPSA) is 66.5 Å². The van der Waals surface area contributed by atoms with Crippen LogP contribution >= 0.6 is 0 Å². The average molecular weight is 348 g/mol. The van der Waals surface area contributed by atoms with Gasteiger partial charge in [-0.1, -0.05) is 12.1 Å². The number of nitrogens with one attached hydrogen (secondary N) is 1. The van der Waals surface area contributed by atoms with E-state index in [1.54, 1.807) is 30.1 Å². The third kappa shape index (κ3) is 3.56. The summed E-state index contributed by atoms with van der Waals surface area (Å²) in [5.74, 6) is -0.590. The first-order valence-corrected chi connectivity index (χ1v) is 9.14. The van der Waals surface area contributed by atoms with E-state index in [1.807, 2.05) is 0 Å². The van der Waals surface area contributed by atoms with Gasteiger partial charge in [-0.25, -0.2) is 12.8 Å². The molecular formula is C17H17FN2O3S. The van der Waals surface area contributed by atoms with E-state index in [0.29, 0.717) is 24.1 Å². The SMILES string of the molecule is CN1C(=O)CCc2cc(NS(=O)(=O)Cc3ccc(F)cc3)ccc21. The summed E-state index contributed by atoms with van der Waals surface area (Å²) in [6.07, 6.45) is 1.00. The molecule has 3 rings (SSSR count). The minimum Gasteiger partial charge on any atom is -0.315 e. The number of carbonyl (C=O) groups excluding carboxylic acids is 1. The Hall–Kier alpha value is -2.41. The lowest BCUT2D eigenvalue weighted by atomic mass is 10.0. The van der Waals surface area contributed by atoms with Gasteiger partial charge >= 0.3 is 0 Å². The highest BCUT2D eigenvalue weighted by Gasteiger charge is 2.21. The number of nitrogens with zero attached hydrogens (tertiary/aromatic N) is 1. The Labute approximate surface area is 140 Å². The minimum absolute atomic E-state index is 0.0483. The lowest BCUT2D eigenvalue weighted by molar-refractivity contribution is -0.118. The molecule has 0 saturated heterocycles. The van der Waals surface area contributed by atoms with Crippen molar-refractivity contribution in [2.24, 2.45) is 0 Å². The normalized spacial score (nSPS) is 14.4.